The quantitative estimate of drug-likeness (QED) is 0.455. The molecule has 4 heterocycles. The molecule has 2 aliphatic rings. The Morgan fingerprint density at radius 3 is 2.71 bits per heavy atom. The summed E-state index contributed by atoms with van der Waals surface area (Å²) in [5.41, 5.74) is 0.950. The van der Waals surface area contributed by atoms with E-state index in [1.54, 1.807) is 38.4 Å². The number of aliphatic imine (C=N–C) groups is 1. The lowest BCUT2D eigenvalue weighted by Crippen LogP contribution is -2.28. The molecule has 0 saturated heterocycles. The fraction of sp³-hybridized carbons (Fsp3) is 0.370. The summed E-state index contributed by atoms with van der Waals surface area (Å²) in [6.45, 7) is 4.99. The molecule has 2 atom stereocenters. The first-order valence-electron chi connectivity index (χ1n) is 12.2. The van der Waals surface area contributed by atoms with Crippen LogP contribution in [0.1, 0.15) is 62.1 Å². The zero-order chi connectivity index (χ0) is 27.2. The van der Waals surface area contributed by atoms with Crippen LogP contribution in [0.5, 0.6) is 5.75 Å². The average Bonchev–Trinajstić information content (AvgIpc) is 3.74. The van der Waals surface area contributed by atoms with Crippen LogP contribution >= 0.6 is 11.6 Å². The summed E-state index contributed by atoms with van der Waals surface area (Å²) in [6, 6.07) is 3.66. The summed E-state index contributed by atoms with van der Waals surface area (Å²) in [5.74, 6) is -1.08. The Labute approximate surface area is 222 Å². The Kier molecular flexibility index (Phi) is 6.87. The largest absolute Gasteiger partial charge is 0.485 e. The molecule has 2 unspecified atom stereocenters. The molecule has 11 heteroatoms. The van der Waals surface area contributed by atoms with Gasteiger partial charge in [-0.1, -0.05) is 11.6 Å². The van der Waals surface area contributed by atoms with Crippen LogP contribution in [-0.4, -0.2) is 30.8 Å². The van der Waals surface area contributed by atoms with Crippen molar-refractivity contribution in [1.82, 2.24) is 19.5 Å². The van der Waals surface area contributed by atoms with Crippen LogP contribution in [0.2, 0.25) is 5.02 Å². The standard InChI is InChI=1S/C27H26ClF2N5O3/c1-14-11-32-20(19-6-7-31-26(34-19)27(3,37)16-4-5-16)10-22(14)35-15(2)8-23(24(28)25(35)36)38-13-21-18(30)9-17(29)12-33-21/h6-9,11-12,16,20,37H,4-5,10,13H2,1-3H3. The fourth-order valence-electron chi connectivity index (χ4n) is 4.57. The SMILES string of the molecule is CC1=C(n2c(C)cc(OCc3ncc(F)cc3F)c(Cl)c2=O)CC(c2ccnc(C(C)(O)C3CC3)n2)N=C1. The molecule has 3 aromatic heterocycles. The number of allylic oxidation sites excluding steroid dienone is 1. The molecular formula is C27H26ClF2N5O3. The second-order valence-electron chi connectivity index (χ2n) is 9.83. The maximum Gasteiger partial charge on any atom is 0.277 e. The Morgan fingerprint density at radius 2 is 2.00 bits per heavy atom. The van der Waals surface area contributed by atoms with Gasteiger partial charge in [0.2, 0.25) is 0 Å². The molecule has 3 aromatic rings. The lowest BCUT2D eigenvalue weighted by molar-refractivity contribution is 0.0236. The Bertz CT molecular complexity index is 1530. The fourth-order valence-corrected chi connectivity index (χ4v) is 4.76. The minimum atomic E-state index is -1.10. The number of ether oxygens (including phenoxy) is 1. The summed E-state index contributed by atoms with van der Waals surface area (Å²) >= 11 is 6.39. The molecule has 5 rings (SSSR count). The summed E-state index contributed by atoms with van der Waals surface area (Å²) < 4.78 is 34.2. The van der Waals surface area contributed by atoms with Gasteiger partial charge in [-0.25, -0.2) is 18.7 Å². The van der Waals surface area contributed by atoms with E-state index < -0.39 is 22.8 Å². The highest BCUT2D eigenvalue weighted by Crippen LogP contribution is 2.44. The number of aliphatic hydroxyl groups is 1. The molecular weight excluding hydrogens is 516 g/mol. The van der Waals surface area contributed by atoms with Crippen molar-refractivity contribution in [2.45, 2.75) is 58.3 Å². The summed E-state index contributed by atoms with van der Waals surface area (Å²) in [4.78, 5) is 30.6. The van der Waals surface area contributed by atoms with Gasteiger partial charge in [-0.3, -0.25) is 19.3 Å². The number of halogens is 3. The molecule has 0 radical (unpaired) electrons. The summed E-state index contributed by atoms with van der Waals surface area (Å²) in [7, 11) is 0. The Balaban J connectivity index is 1.41. The lowest BCUT2D eigenvalue weighted by Gasteiger charge is -2.25. The third kappa shape index (κ3) is 4.98. The Morgan fingerprint density at radius 1 is 1.24 bits per heavy atom. The molecule has 1 N–H and O–H groups in total. The van der Waals surface area contributed by atoms with Gasteiger partial charge in [0.05, 0.1) is 17.9 Å². The third-order valence-corrected chi connectivity index (χ3v) is 7.30. The molecule has 38 heavy (non-hydrogen) atoms. The van der Waals surface area contributed by atoms with E-state index in [0.29, 0.717) is 35.4 Å². The van der Waals surface area contributed by atoms with Crippen LogP contribution in [0, 0.1) is 24.5 Å². The normalized spacial score (nSPS) is 19.0. The predicted molar refractivity (Wildman–Crippen MR) is 138 cm³/mol. The molecule has 0 spiro atoms. The molecule has 1 aliphatic heterocycles. The molecule has 0 bridgehead atoms. The van der Waals surface area contributed by atoms with Crippen LogP contribution in [0.15, 0.2) is 46.0 Å². The van der Waals surface area contributed by atoms with E-state index in [0.717, 1.165) is 24.6 Å². The number of rotatable bonds is 7. The Hall–Kier alpha value is -3.50. The molecule has 1 fully saturated rings. The van der Waals surface area contributed by atoms with Crippen molar-refractivity contribution < 1.29 is 18.6 Å². The minimum absolute atomic E-state index is 0.0676. The van der Waals surface area contributed by atoms with Gasteiger partial charge in [-0.05, 0) is 51.2 Å². The lowest BCUT2D eigenvalue weighted by atomic mass is 9.98. The van der Waals surface area contributed by atoms with Crippen molar-refractivity contribution in [3.63, 3.8) is 0 Å². The zero-order valence-electron chi connectivity index (χ0n) is 21.1. The average molecular weight is 542 g/mol. The first-order valence-corrected chi connectivity index (χ1v) is 12.6. The monoisotopic (exact) mass is 541 g/mol. The van der Waals surface area contributed by atoms with Crippen LogP contribution in [0.4, 0.5) is 8.78 Å². The van der Waals surface area contributed by atoms with Crippen LogP contribution < -0.4 is 10.3 Å². The number of hydrogen-bond donors (Lipinski definition) is 1. The van der Waals surface area contributed by atoms with Crippen LogP contribution in [0.25, 0.3) is 5.70 Å². The molecule has 1 saturated carbocycles. The topological polar surface area (TPSA) is 102 Å². The highest BCUT2D eigenvalue weighted by molar-refractivity contribution is 6.31. The molecule has 0 aromatic carbocycles. The number of dihydropyridines is 1. The highest BCUT2D eigenvalue weighted by Gasteiger charge is 2.43. The van der Waals surface area contributed by atoms with Crippen molar-refractivity contribution in [2.75, 3.05) is 0 Å². The zero-order valence-corrected chi connectivity index (χ0v) is 21.8. The number of nitrogens with zero attached hydrogens (tertiary/aromatic N) is 5. The van der Waals surface area contributed by atoms with E-state index >= 15 is 0 Å². The van der Waals surface area contributed by atoms with E-state index in [2.05, 4.69) is 19.9 Å². The van der Waals surface area contributed by atoms with Gasteiger partial charge in [0, 0.05) is 42.4 Å². The van der Waals surface area contributed by atoms with Gasteiger partial charge in [0.15, 0.2) is 11.6 Å². The molecule has 0 amide bonds. The van der Waals surface area contributed by atoms with E-state index in [-0.39, 0.29) is 35.0 Å². The molecule has 1 aliphatic carbocycles. The van der Waals surface area contributed by atoms with E-state index in [1.165, 1.54) is 4.57 Å². The van der Waals surface area contributed by atoms with Crippen molar-refractivity contribution in [1.29, 1.82) is 0 Å². The first-order chi connectivity index (χ1) is 18.1. The number of aromatic nitrogens is 4. The van der Waals surface area contributed by atoms with Gasteiger partial charge < -0.3 is 9.84 Å². The maximum absolute atomic E-state index is 13.9. The van der Waals surface area contributed by atoms with Crippen molar-refractivity contribution in [3.05, 3.63) is 86.1 Å². The third-order valence-electron chi connectivity index (χ3n) is 6.95. The number of hydrogen-bond acceptors (Lipinski definition) is 7. The highest BCUT2D eigenvalue weighted by atomic mass is 35.5. The second kappa shape index (κ2) is 9.99. The summed E-state index contributed by atoms with van der Waals surface area (Å²) in [5, 5.41) is 10.7. The van der Waals surface area contributed by atoms with E-state index in [9.17, 15) is 18.7 Å². The van der Waals surface area contributed by atoms with Gasteiger partial charge in [0.25, 0.3) is 5.56 Å². The van der Waals surface area contributed by atoms with Crippen molar-refractivity contribution >= 4 is 23.5 Å². The van der Waals surface area contributed by atoms with Gasteiger partial charge in [-0.2, -0.15) is 0 Å². The van der Waals surface area contributed by atoms with E-state index in [1.807, 2.05) is 6.92 Å². The second-order valence-corrected chi connectivity index (χ2v) is 10.2. The molecule has 198 valence electrons. The van der Waals surface area contributed by atoms with Crippen molar-refractivity contribution in [3.8, 4) is 5.75 Å². The smallest absolute Gasteiger partial charge is 0.277 e. The number of aryl methyl sites for hydroxylation is 1. The van der Waals surface area contributed by atoms with E-state index in [4.69, 9.17) is 16.3 Å². The minimum Gasteiger partial charge on any atom is -0.485 e. The van der Waals surface area contributed by atoms with Crippen LogP contribution in [-0.2, 0) is 12.2 Å². The number of pyridine rings is 2. The molecule has 8 nitrogen and oxygen atoms in total. The maximum atomic E-state index is 13.9. The van der Waals surface area contributed by atoms with Crippen molar-refractivity contribution in [2.24, 2.45) is 10.9 Å². The van der Waals surface area contributed by atoms with Gasteiger partial charge in [-0.15, -0.1) is 0 Å². The predicted octanol–water partition coefficient (Wildman–Crippen LogP) is 4.92. The summed E-state index contributed by atoms with van der Waals surface area (Å²) in [6.07, 6.45) is 6.44. The van der Waals surface area contributed by atoms with Crippen LogP contribution in [0.3, 0.4) is 0 Å². The first kappa shape index (κ1) is 26.1. The van der Waals surface area contributed by atoms with Gasteiger partial charge >= 0.3 is 0 Å². The van der Waals surface area contributed by atoms with Gasteiger partial charge in [0.1, 0.15) is 34.5 Å².